The summed E-state index contributed by atoms with van der Waals surface area (Å²) in [6.45, 7) is 2.32. The van der Waals surface area contributed by atoms with Gasteiger partial charge in [-0.05, 0) is 46.5 Å². The molecule has 4 aromatic rings. The van der Waals surface area contributed by atoms with Crippen molar-refractivity contribution in [1.29, 1.82) is 0 Å². The number of fused-ring (bicyclic) bond motifs is 2. The Bertz CT molecular complexity index is 1410. The number of amides is 1. The molecule has 0 bridgehead atoms. The summed E-state index contributed by atoms with van der Waals surface area (Å²) < 4.78 is 0. The molecule has 1 aliphatic rings. The number of hydrogen-bond donors (Lipinski definition) is 1. The summed E-state index contributed by atoms with van der Waals surface area (Å²) in [6.07, 6.45) is 0.516. The SMILES string of the molecule is CCc1ccc(C(=O)C[C@]2(O)C(=O)N(Cc3cccc4ccccc34)c3ccc(Cl)cc32)cc1. The molecule has 0 unspecified atom stereocenters. The third-order valence-corrected chi connectivity index (χ3v) is 6.84. The van der Waals surface area contributed by atoms with Gasteiger partial charge < -0.3 is 10.0 Å². The highest BCUT2D eigenvalue weighted by Gasteiger charge is 2.51. The lowest BCUT2D eigenvalue weighted by Crippen LogP contribution is -2.41. The largest absolute Gasteiger partial charge is 0.375 e. The molecule has 34 heavy (non-hydrogen) atoms. The summed E-state index contributed by atoms with van der Waals surface area (Å²) in [4.78, 5) is 28.4. The maximum Gasteiger partial charge on any atom is 0.264 e. The molecular formula is C29H24ClNO3. The van der Waals surface area contributed by atoms with Gasteiger partial charge in [0.05, 0.1) is 18.7 Å². The number of benzene rings is 4. The number of Topliss-reactive ketones (excluding diaryl/α,β-unsaturated/α-hetero) is 1. The predicted octanol–water partition coefficient (Wildman–Crippen LogP) is 6.06. The van der Waals surface area contributed by atoms with Crippen LogP contribution in [0, 0.1) is 0 Å². The highest BCUT2D eigenvalue weighted by Crippen LogP contribution is 2.45. The Kier molecular flexibility index (Phi) is 5.72. The number of aryl methyl sites for hydroxylation is 1. The molecule has 0 fully saturated rings. The van der Waals surface area contributed by atoms with Crippen molar-refractivity contribution >= 4 is 39.8 Å². The number of anilines is 1. The summed E-state index contributed by atoms with van der Waals surface area (Å²) in [5.41, 5.74) is 1.49. The van der Waals surface area contributed by atoms with Crippen molar-refractivity contribution < 1.29 is 14.7 Å². The van der Waals surface area contributed by atoms with Crippen LogP contribution < -0.4 is 4.90 Å². The van der Waals surface area contributed by atoms with Gasteiger partial charge in [-0.3, -0.25) is 9.59 Å². The number of aliphatic hydroxyl groups is 1. The first-order valence-electron chi connectivity index (χ1n) is 11.3. The second kappa shape index (κ2) is 8.71. The highest BCUT2D eigenvalue weighted by atomic mass is 35.5. The summed E-state index contributed by atoms with van der Waals surface area (Å²) in [5, 5.41) is 14.2. The maximum atomic E-state index is 13.7. The van der Waals surface area contributed by atoms with Crippen LogP contribution in [-0.4, -0.2) is 16.8 Å². The zero-order chi connectivity index (χ0) is 23.9. The van der Waals surface area contributed by atoms with E-state index < -0.39 is 11.5 Å². The fraction of sp³-hybridized carbons (Fsp3) is 0.172. The van der Waals surface area contributed by atoms with Crippen LogP contribution in [0.2, 0.25) is 5.02 Å². The summed E-state index contributed by atoms with van der Waals surface area (Å²) in [5.74, 6) is -0.812. The van der Waals surface area contributed by atoms with Gasteiger partial charge in [-0.25, -0.2) is 0 Å². The predicted molar refractivity (Wildman–Crippen MR) is 135 cm³/mol. The molecule has 1 aliphatic heterocycles. The van der Waals surface area contributed by atoms with E-state index in [1.54, 1.807) is 35.2 Å². The smallest absolute Gasteiger partial charge is 0.264 e. The van der Waals surface area contributed by atoms with E-state index in [4.69, 9.17) is 11.6 Å². The molecule has 5 rings (SSSR count). The first-order valence-corrected chi connectivity index (χ1v) is 11.7. The van der Waals surface area contributed by atoms with Crippen LogP contribution in [0.1, 0.15) is 40.4 Å². The molecular weight excluding hydrogens is 446 g/mol. The quantitative estimate of drug-likeness (QED) is 0.349. The molecule has 4 aromatic carbocycles. The van der Waals surface area contributed by atoms with Gasteiger partial charge in [0.15, 0.2) is 11.4 Å². The number of hydrogen-bond acceptors (Lipinski definition) is 3. The molecule has 0 saturated carbocycles. The Morgan fingerprint density at radius 1 is 0.971 bits per heavy atom. The van der Waals surface area contributed by atoms with Crippen molar-refractivity contribution in [2.45, 2.75) is 31.9 Å². The van der Waals surface area contributed by atoms with Crippen LogP contribution in [0.25, 0.3) is 10.8 Å². The topological polar surface area (TPSA) is 57.6 Å². The van der Waals surface area contributed by atoms with Gasteiger partial charge >= 0.3 is 0 Å². The zero-order valence-corrected chi connectivity index (χ0v) is 19.5. The molecule has 1 heterocycles. The Hall–Kier alpha value is -3.47. The molecule has 1 N–H and O–H groups in total. The van der Waals surface area contributed by atoms with Crippen LogP contribution in [0.4, 0.5) is 5.69 Å². The lowest BCUT2D eigenvalue weighted by Gasteiger charge is -2.23. The van der Waals surface area contributed by atoms with E-state index in [0.717, 1.165) is 28.3 Å². The number of rotatable bonds is 6. The number of ketones is 1. The lowest BCUT2D eigenvalue weighted by molar-refractivity contribution is -0.136. The van der Waals surface area contributed by atoms with Gasteiger partial charge in [0.2, 0.25) is 0 Å². The van der Waals surface area contributed by atoms with Crippen LogP contribution >= 0.6 is 11.6 Å². The third kappa shape index (κ3) is 3.79. The van der Waals surface area contributed by atoms with E-state index >= 15 is 0 Å². The fourth-order valence-corrected chi connectivity index (χ4v) is 4.88. The first-order chi connectivity index (χ1) is 16.4. The van der Waals surface area contributed by atoms with Gasteiger partial charge in [-0.2, -0.15) is 0 Å². The second-order valence-electron chi connectivity index (χ2n) is 8.70. The van der Waals surface area contributed by atoms with Crippen molar-refractivity contribution in [3.8, 4) is 0 Å². The molecule has 1 atom stereocenters. The molecule has 1 amide bonds. The van der Waals surface area contributed by atoms with Gasteiger partial charge in [-0.15, -0.1) is 0 Å². The summed E-state index contributed by atoms with van der Waals surface area (Å²) in [7, 11) is 0. The molecule has 0 aromatic heterocycles. The van der Waals surface area contributed by atoms with E-state index in [0.29, 0.717) is 21.8 Å². The van der Waals surface area contributed by atoms with E-state index in [2.05, 4.69) is 0 Å². The monoisotopic (exact) mass is 469 g/mol. The van der Waals surface area contributed by atoms with E-state index in [1.807, 2.05) is 61.5 Å². The number of halogens is 1. The fourth-order valence-electron chi connectivity index (χ4n) is 4.71. The number of carbonyl (C=O) groups excluding carboxylic acids is 2. The van der Waals surface area contributed by atoms with E-state index in [9.17, 15) is 14.7 Å². The highest BCUT2D eigenvalue weighted by molar-refractivity contribution is 6.31. The average molecular weight is 470 g/mol. The van der Waals surface area contributed by atoms with Gasteiger partial charge in [-0.1, -0.05) is 85.3 Å². The van der Waals surface area contributed by atoms with Crippen molar-refractivity contribution in [3.05, 3.63) is 112 Å². The van der Waals surface area contributed by atoms with Crippen LogP contribution in [0.5, 0.6) is 0 Å². The van der Waals surface area contributed by atoms with Crippen molar-refractivity contribution in [2.24, 2.45) is 0 Å². The van der Waals surface area contributed by atoms with Gasteiger partial charge in [0.1, 0.15) is 0 Å². The van der Waals surface area contributed by atoms with Crippen LogP contribution in [0.15, 0.2) is 84.9 Å². The maximum absolute atomic E-state index is 13.7. The molecule has 170 valence electrons. The molecule has 0 spiro atoms. The molecule has 5 heteroatoms. The zero-order valence-electron chi connectivity index (χ0n) is 18.8. The minimum absolute atomic E-state index is 0.274. The minimum atomic E-state index is -1.98. The minimum Gasteiger partial charge on any atom is -0.375 e. The van der Waals surface area contributed by atoms with Crippen molar-refractivity contribution in [3.63, 3.8) is 0 Å². The lowest BCUT2D eigenvalue weighted by atomic mass is 9.88. The molecule has 0 aliphatic carbocycles. The molecule has 0 radical (unpaired) electrons. The Balaban J connectivity index is 1.52. The average Bonchev–Trinajstić information content (AvgIpc) is 3.05. The third-order valence-electron chi connectivity index (χ3n) is 6.60. The standard InChI is InChI=1S/C29H24ClNO3/c1-2-19-10-12-21(13-11-19)27(32)17-29(34)25-16-23(30)14-15-26(25)31(28(29)33)18-22-8-5-7-20-6-3-4-9-24(20)22/h3-16,34H,2,17-18H2,1H3/t29-/m1/s1. The Morgan fingerprint density at radius 3 is 2.47 bits per heavy atom. The van der Waals surface area contributed by atoms with Gasteiger partial charge in [0, 0.05) is 16.1 Å². The first kappa shape index (κ1) is 22.3. The van der Waals surface area contributed by atoms with E-state index in [1.165, 1.54) is 0 Å². The number of nitrogens with zero attached hydrogens (tertiary/aromatic N) is 1. The van der Waals surface area contributed by atoms with Gasteiger partial charge in [0.25, 0.3) is 5.91 Å². The number of carbonyl (C=O) groups is 2. The summed E-state index contributed by atoms with van der Waals surface area (Å²) >= 11 is 6.25. The van der Waals surface area contributed by atoms with Crippen LogP contribution in [0.3, 0.4) is 0 Å². The molecule has 4 nitrogen and oxygen atoms in total. The second-order valence-corrected chi connectivity index (χ2v) is 9.14. The Morgan fingerprint density at radius 2 is 1.71 bits per heavy atom. The van der Waals surface area contributed by atoms with Crippen LogP contribution in [-0.2, 0) is 23.4 Å². The molecule has 0 saturated heterocycles. The normalized spacial score (nSPS) is 17.3. The van der Waals surface area contributed by atoms with Crippen molar-refractivity contribution in [1.82, 2.24) is 0 Å². The van der Waals surface area contributed by atoms with E-state index in [-0.39, 0.29) is 18.7 Å². The summed E-state index contributed by atoms with van der Waals surface area (Å²) in [6, 6.07) is 26.2. The Labute approximate surface area is 203 Å². The van der Waals surface area contributed by atoms with Crippen molar-refractivity contribution in [2.75, 3.05) is 4.90 Å².